The molecule has 0 saturated heterocycles. The van der Waals surface area contributed by atoms with Crippen molar-refractivity contribution in [2.24, 2.45) is 0 Å². The van der Waals surface area contributed by atoms with E-state index in [4.69, 9.17) is 25.8 Å². The SMILES string of the molecule is COc1cc(OC)cc(-n2cc(C(=O)O)c(=O)c3ccc(OCc4ccc(CCl)cc4)cc32)c1. The van der Waals surface area contributed by atoms with E-state index in [-0.39, 0.29) is 10.9 Å². The first kappa shape index (κ1) is 23.2. The van der Waals surface area contributed by atoms with Gasteiger partial charge in [0.15, 0.2) is 0 Å². The Balaban J connectivity index is 1.82. The standard InChI is InChI=1S/C26H22ClNO6/c1-32-20-9-18(10-21(11-20)33-2)28-14-23(26(30)31)25(29)22-8-7-19(12-24(22)28)34-15-17-5-3-16(13-27)4-6-17/h3-12,14H,13,15H2,1-2H3,(H,30,31). The highest BCUT2D eigenvalue weighted by Crippen LogP contribution is 2.29. The van der Waals surface area contributed by atoms with Gasteiger partial charge in [0.2, 0.25) is 5.43 Å². The third-order valence-electron chi connectivity index (χ3n) is 5.40. The summed E-state index contributed by atoms with van der Waals surface area (Å²) in [4.78, 5) is 24.6. The molecule has 0 unspecified atom stereocenters. The fourth-order valence-corrected chi connectivity index (χ4v) is 3.76. The largest absolute Gasteiger partial charge is 0.497 e. The molecular formula is C26H22ClNO6. The monoisotopic (exact) mass is 479 g/mol. The molecular weight excluding hydrogens is 458 g/mol. The number of hydrogen-bond donors (Lipinski definition) is 1. The highest BCUT2D eigenvalue weighted by atomic mass is 35.5. The zero-order valence-electron chi connectivity index (χ0n) is 18.6. The second kappa shape index (κ2) is 9.89. The van der Waals surface area contributed by atoms with E-state index in [9.17, 15) is 14.7 Å². The summed E-state index contributed by atoms with van der Waals surface area (Å²) in [6.45, 7) is 0.318. The summed E-state index contributed by atoms with van der Waals surface area (Å²) < 4.78 is 18.3. The molecule has 4 rings (SSSR count). The minimum absolute atomic E-state index is 0.250. The van der Waals surface area contributed by atoms with Crippen molar-refractivity contribution in [2.75, 3.05) is 14.2 Å². The fraction of sp³-hybridized carbons (Fsp3) is 0.154. The average Bonchev–Trinajstić information content (AvgIpc) is 2.87. The van der Waals surface area contributed by atoms with Crippen molar-refractivity contribution >= 4 is 28.5 Å². The van der Waals surface area contributed by atoms with Crippen molar-refractivity contribution in [3.63, 3.8) is 0 Å². The average molecular weight is 480 g/mol. The van der Waals surface area contributed by atoms with Crippen LogP contribution in [0.25, 0.3) is 16.6 Å². The maximum atomic E-state index is 12.9. The zero-order valence-corrected chi connectivity index (χ0v) is 19.3. The number of aromatic nitrogens is 1. The highest BCUT2D eigenvalue weighted by molar-refractivity contribution is 6.17. The first-order chi connectivity index (χ1) is 16.4. The number of halogens is 1. The molecule has 0 atom stereocenters. The maximum Gasteiger partial charge on any atom is 0.341 e. The van der Waals surface area contributed by atoms with Crippen LogP contribution in [-0.2, 0) is 12.5 Å². The molecule has 4 aromatic rings. The van der Waals surface area contributed by atoms with Crippen LogP contribution in [0.3, 0.4) is 0 Å². The van der Waals surface area contributed by atoms with E-state index in [1.807, 2.05) is 24.3 Å². The third kappa shape index (κ3) is 4.70. The first-order valence-electron chi connectivity index (χ1n) is 10.4. The van der Waals surface area contributed by atoms with E-state index in [0.29, 0.717) is 40.9 Å². The fourth-order valence-electron chi connectivity index (χ4n) is 3.58. The minimum Gasteiger partial charge on any atom is -0.497 e. The molecule has 0 amide bonds. The van der Waals surface area contributed by atoms with Crippen molar-refractivity contribution in [2.45, 2.75) is 12.5 Å². The van der Waals surface area contributed by atoms with Gasteiger partial charge in [-0.3, -0.25) is 4.79 Å². The maximum absolute atomic E-state index is 12.9. The normalized spacial score (nSPS) is 10.8. The molecule has 1 heterocycles. The zero-order chi connectivity index (χ0) is 24.2. The van der Waals surface area contributed by atoms with Gasteiger partial charge < -0.3 is 23.9 Å². The van der Waals surface area contributed by atoms with Gasteiger partial charge >= 0.3 is 5.97 Å². The molecule has 3 aromatic carbocycles. The molecule has 0 aliphatic heterocycles. The summed E-state index contributed by atoms with van der Waals surface area (Å²) in [6.07, 6.45) is 1.30. The minimum atomic E-state index is -1.31. The second-order valence-electron chi connectivity index (χ2n) is 7.54. The van der Waals surface area contributed by atoms with Gasteiger partial charge in [-0.25, -0.2) is 4.79 Å². The van der Waals surface area contributed by atoms with Gasteiger partial charge in [0.25, 0.3) is 0 Å². The number of carbonyl (C=O) groups is 1. The van der Waals surface area contributed by atoms with Gasteiger partial charge in [-0.2, -0.15) is 0 Å². The summed E-state index contributed by atoms with van der Waals surface area (Å²) in [5.41, 5.74) is 2.12. The Labute approximate surface area is 200 Å². The Kier molecular flexibility index (Phi) is 6.75. The number of methoxy groups -OCH3 is 2. The molecule has 1 aromatic heterocycles. The number of aromatic carboxylic acids is 1. The number of pyridine rings is 1. The van der Waals surface area contributed by atoms with Crippen molar-refractivity contribution in [3.05, 3.63) is 93.8 Å². The number of rotatable bonds is 8. The van der Waals surface area contributed by atoms with Gasteiger partial charge in [0, 0.05) is 41.7 Å². The van der Waals surface area contributed by atoms with Crippen LogP contribution in [0, 0.1) is 0 Å². The van der Waals surface area contributed by atoms with E-state index in [2.05, 4.69) is 0 Å². The summed E-state index contributed by atoms with van der Waals surface area (Å²) in [5, 5.41) is 9.86. The molecule has 8 heteroatoms. The van der Waals surface area contributed by atoms with Crippen molar-refractivity contribution in [3.8, 4) is 22.9 Å². The number of hydrogen-bond acceptors (Lipinski definition) is 5. The van der Waals surface area contributed by atoms with E-state index in [1.165, 1.54) is 20.4 Å². The molecule has 7 nitrogen and oxygen atoms in total. The van der Waals surface area contributed by atoms with E-state index in [0.717, 1.165) is 11.1 Å². The molecule has 0 bridgehead atoms. The predicted octanol–water partition coefficient (Wildman–Crippen LogP) is 5.02. The van der Waals surface area contributed by atoms with Gasteiger partial charge in [-0.05, 0) is 23.3 Å². The number of ether oxygens (including phenoxy) is 3. The third-order valence-corrected chi connectivity index (χ3v) is 5.71. The van der Waals surface area contributed by atoms with Gasteiger partial charge in [0.1, 0.15) is 29.4 Å². The quantitative estimate of drug-likeness (QED) is 0.357. The lowest BCUT2D eigenvalue weighted by Crippen LogP contribution is -2.18. The van der Waals surface area contributed by atoms with Crippen molar-refractivity contribution < 1.29 is 24.1 Å². The molecule has 0 aliphatic rings. The topological polar surface area (TPSA) is 87.0 Å². The number of fused-ring (bicyclic) bond motifs is 1. The summed E-state index contributed by atoms with van der Waals surface area (Å²) in [7, 11) is 3.05. The Morgan fingerprint density at radius 3 is 2.15 bits per heavy atom. The molecule has 0 fully saturated rings. The second-order valence-corrected chi connectivity index (χ2v) is 7.80. The molecule has 1 N–H and O–H groups in total. The highest BCUT2D eigenvalue weighted by Gasteiger charge is 2.17. The van der Waals surface area contributed by atoms with Crippen LogP contribution in [0.4, 0.5) is 0 Å². The van der Waals surface area contributed by atoms with Crippen LogP contribution in [-0.4, -0.2) is 29.9 Å². The number of carboxylic acid groups (broad SMARTS) is 1. The van der Waals surface area contributed by atoms with Gasteiger partial charge in [-0.1, -0.05) is 24.3 Å². The van der Waals surface area contributed by atoms with Crippen LogP contribution in [0.1, 0.15) is 21.5 Å². The smallest absolute Gasteiger partial charge is 0.341 e. The predicted molar refractivity (Wildman–Crippen MR) is 130 cm³/mol. The summed E-state index contributed by atoms with van der Waals surface area (Å²) in [6, 6.07) is 17.8. The van der Waals surface area contributed by atoms with Gasteiger partial charge in [-0.15, -0.1) is 11.6 Å². The molecule has 34 heavy (non-hydrogen) atoms. The lowest BCUT2D eigenvalue weighted by atomic mass is 10.1. The van der Waals surface area contributed by atoms with E-state index >= 15 is 0 Å². The number of benzene rings is 3. The van der Waals surface area contributed by atoms with Crippen LogP contribution in [0.5, 0.6) is 17.2 Å². The molecule has 0 saturated carbocycles. The Bertz CT molecular complexity index is 1390. The summed E-state index contributed by atoms with van der Waals surface area (Å²) >= 11 is 5.84. The van der Waals surface area contributed by atoms with Crippen molar-refractivity contribution in [1.29, 1.82) is 0 Å². The molecule has 0 radical (unpaired) electrons. The Morgan fingerprint density at radius 1 is 0.912 bits per heavy atom. The lowest BCUT2D eigenvalue weighted by molar-refractivity contribution is 0.0695. The Morgan fingerprint density at radius 2 is 1.56 bits per heavy atom. The van der Waals surface area contributed by atoms with Crippen molar-refractivity contribution in [1.82, 2.24) is 4.57 Å². The molecule has 174 valence electrons. The Hall–Kier alpha value is -3.97. The molecule has 0 spiro atoms. The van der Waals surface area contributed by atoms with Gasteiger partial charge in [0.05, 0.1) is 25.4 Å². The number of carboxylic acids is 1. The first-order valence-corrected chi connectivity index (χ1v) is 10.9. The van der Waals surface area contributed by atoms with Crippen LogP contribution in [0.15, 0.2) is 71.7 Å². The van der Waals surface area contributed by atoms with Crippen LogP contribution >= 0.6 is 11.6 Å². The van der Waals surface area contributed by atoms with E-state index in [1.54, 1.807) is 41.0 Å². The molecule has 0 aliphatic carbocycles. The lowest BCUT2D eigenvalue weighted by Gasteiger charge is -2.16. The summed E-state index contributed by atoms with van der Waals surface area (Å²) in [5.74, 6) is 0.699. The number of nitrogens with zero attached hydrogens (tertiary/aromatic N) is 1. The number of alkyl halides is 1. The van der Waals surface area contributed by atoms with Crippen LogP contribution < -0.4 is 19.6 Å². The van der Waals surface area contributed by atoms with Crippen LogP contribution in [0.2, 0.25) is 0 Å². The van der Waals surface area contributed by atoms with E-state index < -0.39 is 11.4 Å².